The van der Waals surface area contributed by atoms with E-state index in [0.29, 0.717) is 5.56 Å². The van der Waals surface area contributed by atoms with Crippen molar-refractivity contribution in [1.29, 1.82) is 0 Å². The molecule has 0 aliphatic heterocycles. The lowest BCUT2D eigenvalue weighted by Gasteiger charge is -2.24. The number of benzene rings is 1. The molecule has 1 rings (SSSR count). The molecule has 0 radical (unpaired) electrons. The first-order chi connectivity index (χ1) is 6.94. The molecule has 0 aliphatic carbocycles. The fourth-order valence-electron chi connectivity index (χ4n) is 1.36. The predicted octanol–water partition coefficient (Wildman–Crippen LogP) is 1.81. The molecule has 15 heavy (non-hydrogen) atoms. The molecular formula is C11H15FO3. The lowest BCUT2D eigenvalue weighted by Crippen LogP contribution is -2.23. The molecule has 0 fully saturated rings. The van der Waals surface area contributed by atoms with Crippen molar-refractivity contribution < 1.29 is 19.3 Å². The number of aromatic hydroxyl groups is 1. The summed E-state index contributed by atoms with van der Waals surface area (Å²) in [6.07, 6.45) is 0. The molecule has 0 bridgehead atoms. The van der Waals surface area contributed by atoms with Crippen molar-refractivity contribution in [3.63, 3.8) is 0 Å². The summed E-state index contributed by atoms with van der Waals surface area (Å²) >= 11 is 0. The maximum absolute atomic E-state index is 13.5. The van der Waals surface area contributed by atoms with Crippen LogP contribution in [-0.4, -0.2) is 23.9 Å². The summed E-state index contributed by atoms with van der Waals surface area (Å²) in [7, 11) is 1.33. The van der Waals surface area contributed by atoms with E-state index in [-0.39, 0.29) is 12.4 Å². The van der Waals surface area contributed by atoms with Crippen molar-refractivity contribution in [2.45, 2.75) is 19.3 Å². The zero-order chi connectivity index (χ0) is 11.6. The molecule has 0 saturated heterocycles. The average molecular weight is 214 g/mol. The van der Waals surface area contributed by atoms with Crippen LogP contribution >= 0.6 is 0 Å². The summed E-state index contributed by atoms with van der Waals surface area (Å²) in [5, 5.41) is 18.4. The van der Waals surface area contributed by atoms with Gasteiger partial charge in [-0.3, -0.25) is 0 Å². The van der Waals surface area contributed by atoms with E-state index in [1.807, 2.05) is 0 Å². The highest BCUT2D eigenvalue weighted by Gasteiger charge is 2.26. The van der Waals surface area contributed by atoms with E-state index in [2.05, 4.69) is 0 Å². The number of halogens is 1. The van der Waals surface area contributed by atoms with Crippen LogP contribution in [0.5, 0.6) is 11.5 Å². The molecular weight excluding hydrogens is 199 g/mol. The molecule has 0 amide bonds. The van der Waals surface area contributed by atoms with Crippen LogP contribution in [0.4, 0.5) is 4.39 Å². The van der Waals surface area contributed by atoms with Gasteiger partial charge in [0.2, 0.25) is 5.82 Å². The van der Waals surface area contributed by atoms with E-state index in [1.54, 1.807) is 19.9 Å². The molecule has 1 aromatic carbocycles. The average Bonchev–Trinajstić information content (AvgIpc) is 2.21. The number of rotatable bonds is 3. The van der Waals surface area contributed by atoms with Crippen LogP contribution in [0.25, 0.3) is 0 Å². The number of aliphatic hydroxyl groups is 1. The molecule has 2 N–H and O–H groups in total. The van der Waals surface area contributed by atoms with Crippen molar-refractivity contribution in [3.05, 3.63) is 23.5 Å². The summed E-state index contributed by atoms with van der Waals surface area (Å²) in [6, 6.07) is 2.80. The highest BCUT2D eigenvalue weighted by molar-refractivity contribution is 5.45. The Bertz CT molecular complexity index is 361. The van der Waals surface area contributed by atoms with Crippen molar-refractivity contribution in [1.82, 2.24) is 0 Å². The highest BCUT2D eigenvalue weighted by Crippen LogP contribution is 2.36. The van der Waals surface area contributed by atoms with Gasteiger partial charge in [0.15, 0.2) is 11.5 Å². The van der Waals surface area contributed by atoms with E-state index in [9.17, 15) is 14.6 Å². The zero-order valence-electron chi connectivity index (χ0n) is 9.04. The van der Waals surface area contributed by atoms with Crippen molar-refractivity contribution in [2.24, 2.45) is 0 Å². The van der Waals surface area contributed by atoms with Crippen LogP contribution in [0.3, 0.4) is 0 Å². The molecule has 0 spiro atoms. The van der Waals surface area contributed by atoms with Crippen LogP contribution in [0.15, 0.2) is 12.1 Å². The molecule has 0 unspecified atom stereocenters. The molecule has 0 aliphatic rings. The number of hydrogen-bond acceptors (Lipinski definition) is 3. The summed E-state index contributed by atoms with van der Waals surface area (Å²) in [4.78, 5) is 0. The van der Waals surface area contributed by atoms with Crippen molar-refractivity contribution >= 4 is 0 Å². The Morgan fingerprint density at radius 2 is 2.00 bits per heavy atom. The lowest BCUT2D eigenvalue weighted by atomic mass is 9.85. The quantitative estimate of drug-likeness (QED) is 0.806. The van der Waals surface area contributed by atoms with Crippen molar-refractivity contribution in [2.75, 3.05) is 13.7 Å². The SMILES string of the molecule is COc1c(C(C)(C)CO)ccc(O)c1F. The lowest BCUT2D eigenvalue weighted by molar-refractivity contribution is 0.213. The highest BCUT2D eigenvalue weighted by atomic mass is 19.1. The Labute approximate surface area is 88.1 Å². The fourth-order valence-corrected chi connectivity index (χ4v) is 1.36. The standard InChI is InChI=1S/C11H15FO3/c1-11(2,6-13)7-4-5-8(14)9(12)10(7)15-3/h4-5,13-14H,6H2,1-3H3. The second-order valence-electron chi connectivity index (χ2n) is 4.02. The topological polar surface area (TPSA) is 49.7 Å². The van der Waals surface area contributed by atoms with Crippen LogP contribution in [0, 0.1) is 5.82 Å². The molecule has 0 atom stereocenters. The van der Waals surface area contributed by atoms with Gasteiger partial charge in [-0.25, -0.2) is 0 Å². The first kappa shape index (κ1) is 11.8. The molecule has 84 valence electrons. The van der Waals surface area contributed by atoms with Crippen molar-refractivity contribution in [3.8, 4) is 11.5 Å². The second kappa shape index (κ2) is 4.06. The minimum Gasteiger partial charge on any atom is -0.505 e. The Hall–Kier alpha value is -1.29. The molecule has 0 heterocycles. The summed E-state index contributed by atoms with van der Waals surface area (Å²) < 4.78 is 18.4. The maximum atomic E-state index is 13.5. The second-order valence-corrected chi connectivity index (χ2v) is 4.02. The van der Waals surface area contributed by atoms with Gasteiger partial charge in [-0.15, -0.1) is 0 Å². The number of aliphatic hydroxyl groups excluding tert-OH is 1. The number of hydrogen-bond donors (Lipinski definition) is 2. The summed E-state index contributed by atoms with van der Waals surface area (Å²) in [5.74, 6) is -1.27. The van der Waals surface area contributed by atoms with Gasteiger partial charge in [-0.2, -0.15) is 4.39 Å². The Balaban J connectivity index is 3.37. The van der Waals surface area contributed by atoms with Crippen LogP contribution in [-0.2, 0) is 5.41 Å². The van der Waals surface area contributed by atoms with E-state index in [4.69, 9.17) is 4.74 Å². The van der Waals surface area contributed by atoms with Gasteiger partial charge < -0.3 is 14.9 Å². The molecule has 0 saturated carbocycles. The largest absolute Gasteiger partial charge is 0.505 e. The normalized spacial score (nSPS) is 11.5. The van der Waals surface area contributed by atoms with E-state index < -0.39 is 17.0 Å². The van der Waals surface area contributed by atoms with Crippen LogP contribution in [0.2, 0.25) is 0 Å². The molecule has 3 nitrogen and oxygen atoms in total. The maximum Gasteiger partial charge on any atom is 0.206 e. The third kappa shape index (κ3) is 2.04. The molecule has 0 aromatic heterocycles. The van der Waals surface area contributed by atoms with E-state index in [0.717, 1.165) is 0 Å². The van der Waals surface area contributed by atoms with Gasteiger partial charge in [-0.05, 0) is 6.07 Å². The zero-order valence-corrected chi connectivity index (χ0v) is 9.04. The predicted molar refractivity (Wildman–Crippen MR) is 54.7 cm³/mol. The van der Waals surface area contributed by atoms with Gasteiger partial charge in [0.25, 0.3) is 0 Å². The minimum atomic E-state index is -0.795. The van der Waals surface area contributed by atoms with Crippen LogP contribution in [0.1, 0.15) is 19.4 Å². The van der Waals surface area contributed by atoms with Crippen LogP contribution < -0.4 is 4.74 Å². The number of phenols is 1. The number of ether oxygens (including phenoxy) is 1. The van der Waals surface area contributed by atoms with E-state index in [1.165, 1.54) is 13.2 Å². The Morgan fingerprint density at radius 1 is 1.40 bits per heavy atom. The van der Waals surface area contributed by atoms with E-state index >= 15 is 0 Å². The number of phenolic OH excluding ortho intramolecular Hbond substituents is 1. The summed E-state index contributed by atoms with van der Waals surface area (Å²) in [6.45, 7) is 3.40. The van der Waals surface area contributed by atoms with Gasteiger partial charge >= 0.3 is 0 Å². The van der Waals surface area contributed by atoms with Gasteiger partial charge in [0, 0.05) is 11.0 Å². The van der Waals surface area contributed by atoms with Gasteiger partial charge in [0.05, 0.1) is 13.7 Å². The van der Waals surface area contributed by atoms with Gasteiger partial charge in [-0.1, -0.05) is 19.9 Å². The molecule has 1 aromatic rings. The molecule has 4 heteroatoms. The fraction of sp³-hybridized carbons (Fsp3) is 0.455. The third-order valence-electron chi connectivity index (χ3n) is 2.41. The Kier molecular flexibility index (Phi) is 3.19. The third-order valence-corrected chi connectivity index (χ3v) is 2.41. The first-order valence-corrected chi connectivity index (χ1v) is 4.61. The number of methoxy groups -OCH3 is 1. The summed E-state index contributed by atoms with van der Waals surface area (Å²) in [5.41, 5.74) is -0.0809. The Morgan fingerprint density at radius 3 is 2.47 bits per heavy atom. The first-order valence-electron chi connectivity index (χ1n) is 4.61. The smallest absolute Gasteiger partial charge is 0.206 e. The minimum absolute atomic E-state index is 0.0194. The van der Waals surface area contributed by atoms with Gasteiger partial charge in [0.1, 0.15) is 0 Å². The monoisotopic (exact) mass is 214 g/mol.